The van der Waals surface area contributed by atoms with Crippen LogP contribution in [0.3, 0.4) is 0 Å². The zero-order valence-corrected chi connectivity index (χ0v) is 38.5. The first-order valence-corrected chi connectivity index (χ1v) is 22.1. The maximum atomic E-state index is 15.2. The van der Waals surface area contributed by atoms with E-state index in [1.807, 2.05) is 43.3 Å². The van der Waals surface area contributed by atoms with E-state index in [-0.39, 0.29) is 57.5 Å². The van der Waals surface area contributed by atoms with Gasteiger partial charge in [-0.3, -0.25) is 20.1 Å². The van der Waals surface area contributed by atoms with Crippen molar-refractivity contribution in [3.8, 4) is 11.5 Å². The third-order valence-electron chi connectivity index (χ3n) is 11.5. The van der Waals surface area contributed by atoms with E-state index in [0.29, 0.717) is 35.1 Å². The predicted molar refractivity (Wildman–Crippen MR) is 234 cm³/mol. The minimum atomic E-state index is -2.04. The first-order valence-electron chi connectivity index (χ1n) is 20.6. The Bertz CT molecular complexity index is 2330. The number of halogens is 7. The minimum absolute atomic E-state index is 0.0372. The Morgan fingerprint density at radius 3 is 2.26 bits per heavy atom. The molecule has 13 nitrogen and oxygen atoms in total. The molecule has 0 saturated carbocycles. The molecule has 6 rings (SSSR count). The molecule has 65 heavy (non-hydrogen) atoms. The molecule has 2 heterocycles. The Kier molecular flexibility index (Phi) is 16.4. The fourth-order valence-corrected chi connectivity index (χ4v) is 8.35. The smallest absolute Gasteiger partial charge is 0.415 e. The maximum absolute atomic E-state index is 15.2. The van der Waals surface area contributed by atoms with E-state index in [9.17, 15) is 22.8 Å². The fraction of sp³-hybridized carbons (Fsp3) is 0.400. The van der Waals surface area contributed by atoms with Gasteiger partial charge in [0, 0.05) is 31.2 Å². The largest absolute Gasteiger partial charge is 0.488 e. The third kappa shape index (κ3) is 12.1. The number of aryl methyl sites for hydroxylation is 1. The van der Waals surface area contributed by atoms with Gasteiger partial charge in [-0.15, -0.1) is 0 Å². The number of piperazine rings is 1. The van der Waals surface area contributed by atoms with Crippen LogP contribution in [-0.2, 0) is 33.9 Å². The van der Waals surface area contributed by atoms with Crippen LogP contribution in [-0.4, -0.2) is 96.3 Å². The molecule has 0 spiro atoms. The number of rotatable bonds is 15. The number of carbonyl (C=O) groups excluding carboxylic acids is 3. The first kappa shape index (κ1) is 49.9. The number of likely N-dealkylation sites (tertiary alicyclic amines) is 1. The molecule has 2 fully saturated rings. The number of hydrogen-bond acceptors (Lipinski definition) is 10. The lowest BCUT2D eigenvalue weighted by Crippen LogP contribution is -2.70. The van der Waals surface area contributed by atoms with Crippen molar-refractivity contribution >= 4 is 64.5 Å². The van der Waals surface area contributed by atoms with Crippen LogP contribution in [0.2, 0.25) is 5.02 Å². The van der Waals surface area contributed by atoms with Gasteiger partial charge in [-0.05, 0) is 98.5 Å². The molecule has 3 amide bonds. The van der Waals surface area contributed by atoms with Crippen LogP contribution in [0.15, 0.2) is 84.9 Å². The lowest BCUT2D eigenvalue weighted by Gasteiger charge is -2.55. The minimum Gasteiger partial charge on any atom is -0.488 e. The number of piperidine rings is 1. The van der Waals surface area contributed by atoms with Crippen molar-refractivity contribution in [1.82, 2.24) is 20.1 Å². The topological polar surface area (TPSA) is 142 Å². The quantitative estimate of drug-likeness (QED) is 0.0512. The number of carbonyl (C=O) groups is 3. The molecule has 0 radical (unpaired) electrons. The van der Waals surface area contributed by atoms with E-state index in [1.165, 1.54) is 35.8 Å². The maximum Gasteiger partial charge on any atom is 0.415 e. The van der Waals surface area contributed by atoms with Gasteiger partial charge in [0.05, 0.1) is 36.6 Å². The second-order valence-electron chi connectivity index (χ2n) is 16.1. The van der Waals surface area contributed by atoms with Crippen molar-refractivity contribution < 1.29 is 57.0 Å². The van der Waals surface area contributed by atoms with Crippen LogP contribution >= 0.6 is 46.4 Å². The number of nitrogens with zero attached hydrogens (tertiary/aromatic N) is 4. The van der Waals surface area contributed by atoms with Gasteiger partial charge in [0.2, 0.25) is 15.5 Å². The number of hydrogen-bond donors (Lipinski definition) is 2. The molecule has 2 saturated heterocycles. The molecule has 4 aromatic rings. The standard InChI is InChI=1S/C45H47Cl4F3N4O9/c1-4-53(23-30-11-5-6-13-34(30)46)41(57)38-33(29-16-14-27(15-17-29)10-8-20-62-40-36(51)19-18-35(50)39(40)52)22-31-24-54(25-37(38)55(31)43(59)65-44(2,3)45(47,48)49)42(58)64-32-12-7-9-28(21-32)26-63-56(60)61/h5-7,9,11-19,21,31,33,37-38,60-61H,4,8,10,20,22-26H2,1-3H3. The van der Waals surface area contributed by atoms with E-state index >= 15 is 4.79 Å². The SMILES string of the molecule is CCN(Cc1ccccc1Cl)C(=O)C1C(c2ccc(CCCOc3c(F)ccc(F)c3F)cc2)CC2CN(C(=O)Oc3cccc(CON(O)O)c3)CC1N2C(=O)OC(C)(C)C(Cl)(Cl)Cl. The normalized spacial score (nSPS) is 18.7. The molecule has 4 aromatic carbocycles. The third-order valence-corrected chi connectivity index (χ3v) is 13.2. The number of fused-ring (bicyclic) bond motifs is 2. The Balaban J connectivity index is 1.32. The van der Waals surface area contributed by atoms with Crippen LogP contribution in [0.1, 0.15) is 61.8 Å². The number of ether oxygens (including phenoxy) is 3. The summed E-state index contributed by atoms with van der Waals surface area (Å²) >= 11 is 25.3. The summed E-state index contributed by atoms with van der Waals surface area (Å²) in [6, 6.07) is 20.5. The Hall–Kier alpha value is -4.52. The van der Waals surface area contributed by atoms with Gasteiger partial charge in [-0.1, -0.05) is 101 Å². The highest BCUT2D eigenvalue weighted by Crippen LogP contribution is 2.46. The summed E-state index contributed by atoms with van der Waals surface area (Å²) in [5.41, 5.74) is 1.13. The van der Waals surface area contributed by atoms with Gasteiger partial charge in [-0.25, -0.2) is 23.2 Å². The van der Waals surface area contributed by atoms with Crippen molar-refractivity contribution in [3.05, 3.63) is 130 Å². The fourth-order valence-electron chi connectivity index (χ4n) is 8.03. The zero-order chi connectivity index (χ0) is 47.2. The Labute approximate surface area is 393 Å². The predicted octanol–water partition coefficient (Wildman–Crippen LogP) is 10.3. The van der Waals surface area contributed by atoms with Crippen molar-refractivity contribution in [2.45, 2.75) is 80.6 Å². The number of amides is 3. The highest BCUT2D eigenvalue weighted by atomic mass is 35.6. The van der Waals surface area contributed by atoms with Crippen LogP contribution in [0.4, 0.5) is 22.8 Å². The molecule has 350 valence electrons. The molecule has 2 aliphatic rings. The van der Waals surface area contributed by atoms with Gasteiger partial charge < -0.3 is 24.0 Å². The summed E-state index contributed by atoms with van der Waals surface area (Å²) in [6.07, 6.45) is -0.687. The average molecular weight is 987 g/mol. The second-order valence-corrected chi connectivity index (χ2v) is 18.8. The van der Waals surface area contributed by atoms with E-state index in [0.717, 1.165) is 17.2 Å². The summed E-state index contributed by atoms with van der Waals surface area (Å²) < 4.78 is 56.8. The van der Waals surface area contributed by atoms with Crippen LogP contribution < -0.4 is 9.47 Å². The lowest BCUT2D eigenvalue weighted by atomic mass is 9.70. The van der Waals surface area contributed by atoms with Crippen LogP contribution in [0.25, 0.3) is 0 Å². The molecule has 2 aliphatic heterocycles. The Morgan fingerprint density at radius 2 is 1.58 bits per heavy atom. The molecule has 2 N–H and O–H groups in total. The second kappa shape index (κ2) is 21.4. The number of alkyl halides is 3. The highest BCUT2D eigenvalue weighted by Gasteiger charge is 2.56. The molecule has 0 aromatic heterocycles. The van der Waals surface area contributed by atoms with E-state index < -0.39 is 74.1 Å². The molecule has 0 aliphatic carbocycles. The molecular formula is C45H47Cl4F3N4O9. The summed E-state index contributed by atoms with van der Waals surface area (Å²) in [5.74, 6) is -6.12. The molecule has 20 heteroatoms. The van der Waals surface area contributed by atoms with Crippen molar-refractivity contribution in [2.24, 2.45) is 5.92 Å². The van der Waals surface area contributed by atoms with Gasteiger partial charge >= 0.3 is 12.2 Å². The summed E-state index contributed by atoms with van der Waals surface area (Å²) in [6.45, 7) is 4.55. The van der Waals surface area contributed by atoms with Gasteiger partial charge in [0.25, 0.3) is 0 Å². The molecule has 2 bridgehead atoms. The molecule has 4 unspecified atom stereocenters. The molecule has 4 atom stereocenters. The summed E-state index contributed by atoms with van der Waals surface area (Å²) in [7, 11) is 0. The van der Waals surface area contributed by atoms with Crippen LogP contribution in [0, 0.1) is 23.4 Å². The Morgan fingerprint density at radius 1 is 0.877 bits per heavy atom. The van der Waals surface area contributed by atoms with E-state index in [4.69, 9.17) is 71.0 Å². The van der Waals surface area contributed by atoms with Crippen molar-refractivity contribution in [3.63, 3.8) is 0 Å². The van der Waals surface area contributed by atoms with Gasteiger partial charge in [0.1, 0.15) is 5.75 Å². The van der Waals surface area contributed by atoms with Gasteiger partial charge in [0.15, 0.2) is 23.0 Å². The van der Waals surface area contributed by atoms with Gasteiger partial charge in [-0.2, -0.15) is 4.39 Å². The first-order chi connectivity index (χ1) is 30.8. The van der Waals surface area contributed by atoms with Crippen molar-refractivity contribution in [2.75, 3.05) is 26.2 Å². The summed E-state index contributed by atoms with van der Waals surface area (Å²) in [4.78, 5) is 52.9. The lowest BCUT2D eigenvalue weighted by molar-refractivity contribution is -0.497. The monoisotopic (exact) mass is 984 g/mol. The van der Waals surface area contributed by atoms with E-state index in [2.05, 4.69) is 4.84 Å². The van der Waals surface area contributed by atoms with E-state index in [1.54, 1.807) is 29.2 Å². The molecular weight excluding hydrogens is 939 g/mol. The van der Waals surface area contributed by atoms with Crippen LogP contribution in [0.5, 0.6) is 11.5 Å². The number of benzene rings is 4. The summed E-state index contributed by atoms with van der Waals surface area (Å²) in [5, 5.41) is 18.0. The average Bonchev–Trinajstić information content (AvgIpc) is 3.25. The zero-order valence-electron chi connectivity index (χ0n) is 35.4. The highest BCUT2D eigenvalue weighted by molar-refractivity contribution is 6.68. The van der Waals surface area contributed by atoms with Crippen molar-refractivity contribution in [1.29, 1.82) is 0 Å².